The standard InChI is InChI=1S/2C16H20N.4C15H18N/c1-12(2)14-9-10-17(4)16(11-14)15-8-6-5-7-13(15)3;1-12(2)14-9-10-16(17(4)11-14)15-8-6-5-7-13(15)3;1-11-9-13(3)16(4)15(10-11)14-8-6-5-7-12(14)2;1-11-9-10-15(16(4)13(11)3)14-8-6-5-7-12(14)2;1-4-13-9-10-16(3)15(11-13)14-8-6-5-7-12(14)2;1-4-13-9-10-15(16(3)11-13)14-8-6-5-7-12(14)2/h2*5-12H,1-4H3;2*5-10H,1-4H3;2*5-11H,4H2,1-3H3/q6*+1/i;;3D3;1D3,3D3;;. The third-order valence-electron chi connectivity index (χ3n) is 18.2. The van der Waals surface area contributed by atoms with Crippen molar-refractivity contribution in [2.75, 3.05) is 0 Å². The zero-order valence-electron chi connectivity index (χ0n) is 70.8. The third kappa shape index (κ3) is 19.9. The van der Waals surface area contributed by atoms with E-state index in [1.807, 2.05) is 82.4 Å². The zero-order chi connectivity index (χ0) is 78.8. The molecule has 0 amide bonds. The first kappa shape index (κ1) is 63.0. The molecule has 0 aliphatic heterocycles. The summed E-state index contributed by atoms with van der Waals surface area (Å²) in [5.41, 5.74) is 27.9. The molecule has 504 valence electrons. The molecule has 12 aromatic rings. The van der Waals surface area contributed by atoms with Crippen molar-refractivity contribution in [3.05, 3.63) is 321 Å². The maximum absolute atomic E-state index is 7.71. The highest BCUT2D eigenvalue weighted by Crippen LogP contribution is 2.27. The predicted molar refractivity (Wildman–Crippen MR) is 413 cm³/mol. The Hall–Kier alpha value is -9.78. The molecule has 0 saturated carbocycles. The number of aromatic nitrogens is 6. The van der Waals surface area contributed by atoms with E-state index in [0.717, 1.165) is 46.4 Å². The summed E-state index contributed by atoms with van der Waals surface area (Å²) < 4.78 is 80.8. The van der Waals surface area contributed by atoms with Crippen LogP contribution in [0.3, 0.4) is 0 Å². The van der Waals surface area contributed by atoms with Crippen molar-refractivity contribution in [1.29, 1.82) is 0 Å². The highest BCUT2D eigenvalue weighted by atomic mass is 15.0. The fourth-order valence-corrected chi connectivity index (χ4v) is 11.9. The van der Waals surface area contributed by atoms with Crippen molar-refractivity contribution in [1.82, 2.24) is 0 Å². The van der Waals surface area contributed by atoms with Gasteiger partial charge in [0.1, 0.15) is 42.3 Å². The van der Waals surface area contributed by atoms with Crippen LogP contribution < -0.4 is 27.4 Å². The van der Waals surface area contributed by atoms with Crippen LogP contribution in [-0.2, 0) is 55.1 Å². The van der Waals surface area contributed by atoms with Crippen molar-refractivity contribution in [2.24, 2.45) is 42.3 Å². The monoisotopic (exact) mass is 1310 g/mol. The minimum atomic E-state index is -2.50. The van der Waals surface area contributed by atoms with E-state index in [4.69, 9.17) is 12.3 Å². The van der Waals surface area contributed by atoms with E-state index in [9.17, 15) is 0 Å². The van der Waals surface area contributed by atoms with E-state index in [1.165, 1.54) is 100 Å². The van der Waals surface area contributed by atoms with Gasteiger partial charge in [0.2, 0.25) is 34.2 Å². The number of pyridine rings is 6. The lowest BCUT2D eigenvalue weighted by atomic mass is 9.99. The summed E-state index contributed by atoms with van der Waals surface area (Å²) in [7, 11) is 11.8. The van der Waals surface area contributed by atoms with E-state index in [2.05, 4.69) is 286 Å². The second-order valence-electron chi connectivity index (χ2n) is 26.3. The molecule has 6 nitrogen and oxygen atoms in total. The molecule has 0 unspecified atom stereocenters. The Kier molecular flexibility index (Phi) is 23.1. The quantitative estimate of drug-likeness (QED) is 0.122. The maximum Gasteiger partial charge on any atom is 0.212 e. The second kappa shape index (κ2) is 36.0. The predicted octanol–water partition coefficient (Wildman–Crippen LogP) is 19.5. The van der Waals surface area contributed by atoms with E-state index < -0.39 is 20.6 Å². The normalized spacial score (nSPS) is 12.4. The Bertz CT molecular complexity index is 4990. The van der Waals surface area contributed by atoms with E-state index in [0.29, 0.717) is 23.2 Å². The summed E-state index contributed by atoms with van der Waals surface area (Å²) in [4.78, 5) is 0. The molecule has 12 rings (SSSR count). The fourth-order valence-electron chi connectivity index (χ4n) is 11.9. The van der Waals surface area contributed by atoms with E-state index >= 15 is 0 Å². The molecule has 0 bridgehead atoms. The Morgan fingerprint density at radius 2 is 0.704 bits per heavy atom. The number of rotatable bonds is 10. The van der Waals surface area contributed by atoms with Gasteiger partial charge >= 0.3 is 0 Å². The van der Waals surface area contributed by atoms with Gasteiger partial charge in [-0.2, -0.15) is 9.13 Å². The molecule has 0 aliphatic rings. The molecule has 6 heteroatoms. The summed E-state index contributed by atoms with van der Waals surface area (Å²) >= 11 is 0. The summed E-state index contributed by atoms with van der Waals surface area (Å²) in [6, 6.07) is 74.4. The van der Waals surface area contributed by atoms with Gasteiger partial charge in [-0.1, -0.05) is 151 Å². The molecule has 0 saturated heterocycles. The van der Waals surface area contributed by atoms with Crippen molar-refractivity contribution < 1.29 is 39.7 Å². The van der Waals surface area contributed by atoms with Gasteiger partial charge in [0.25, 0.3) is 0 Å². The highest BCUT2D eigenvalue weighted by Gasteiger charge is 2.20. The smallest absolute Gasteiger partial charge is 0.201 e. The average molecular weight is 1310 g/mol. The lowest BCUT2D eigenvalue weighted by Gasteiger charge is -2.08. The fraction of sp³-hybridized carbons (Fsp3) is 0.283. The lowest BCUT2D eigenvalue weighted by molar-refractivity contribution is -0.667. The van der Waals surface area contributed by atoms with Gasteiger partial charge in [0.15, 0.2) is 36.2 Å². The van der Waals surface area contributed by atoms with Gasteiger partial charge in [-0.05, 0) is 185 Å². The molecule has 0 fully saturated rings. The summed E-state index contributed by atoms with van der Waals surface area (Å²) in [6.45, 7) is 20.8. The third-order valence-corrected chi connectivity index (χ3v) is 18.2. The number of hydrogen-bond donors (Lipinski definition) is 0. The second-order valence-corrected chi connectivity index (χ2v) is 26.3. The van der Waals surface area contributed by atoms with Crippen molar-refractivity contribution in [3.8, 4) is 67.5 Å². The van der Waals surface area contributed by atoms with E-state index in [1.54, 1.807) is 23.7 Å². The van der Waals surface area contributed by atoms with Gasteiger partial charge in [-0.25, -0.2) is 18.3 Å². The van der Waals surface area contributed by atoms with Crippen LogP contribution in [0.25, 0.3) is 67.5 Å². The van der Waals surface area contributed by atoms with E-state index in [-0.39, 0.29) is 11.3 Å². The molecule has 0 atom stereocenters. The Balaban J connectivity index is 0.000000180. The minimum Gasteiger partial charge on any atom is -0.201 e. The van der Waals surface area contributed by atoms with Gasteiger partial charge < -0.3 is 0 Å². The Morgan fingerprint density at radius 1 is 0.306 bits per heavy atom. The SMILES string of the molecule is CCc1cc[n+](C)c(-c2ccccc2C)c1.CCc1ccc(-c2ccccc2C)[n+](C)c1.Cc1ccccc1-c1cc(C(C)C)cc[n+]1C.Cc1ccccc1-c1ccc(C(C)C)c[n+]1C.[2H]C([2H])([2H])c1cc(C)cc(-c2ccccc2C)[n+]1C.[2H]C([2H])([2H])c1ccc(-c2ccccc2C)[n+](C)c1C([2H])([2H])[2H]. The first-order valence-electron chi connectivity index (χ1n) is 38.8. The van der Waals surface area contributed by atoms with Crippen molar-refractivity contribution in [2.45, 2.75) is 135 Å². The number of aryl methyl sites for hydroxylation is 15. The number of benzene rings is 6. The van der Waals surface area contributed by atoms with Crippen LogP contribution in [0.2, 0.25) is 0 Å². The summed E-state index contributed by atoms with van der Waals surface area (Å²) in [6.07, 6.45) is 10.9. The van der Waals surface area contributed by atoms with Gasteiger partial charge in [0, 0.05) is 131 Å². The average Bonchev–Trinajstić information content (AvgIpc) is 0.765. The molecule has 98 heavy (non-hydrogen) atoms. The lowest BCUT2D eigenvalue weighted by Crippen LogP contribution is -2.35. The van der Waals surface area contributed by atoms with Crippen LogP contribution in [0.1, 0.15) is 144 Å². The van der Waals surface area contributed by atoms with Crippen LogP contribution in [0.5, 0.6) is 0 Å². The number of nitrogens with zero attached hydrogens (tertiary/aromatic N) is 6. The van der Waals surface area contributed by atoms with Gasteiger partial charge in [-0.15, -0.1) is 0 Å². The number of hydrogen-bond acceptors (Lipinski definition) is 0. The molecule has 0 aliphatic carbocycles. The van der Waals surface area contributed by atoms with Crippen LogP contribution in [0.4, 0.5) is 0 Å². The molecule has 6 heterocycles. The van der Waals surface area contributed by atoms with Crippen LogP contribution in [-0.4, -0.2) is 0 Å². The molecule has 6 aromatic carbocycles. The molecule has 0 N–H and O–H groups in total. The van der Waals surface area contributed by atoms with Crippen LogP contribution >= 0.6 is 0 Å². The largest absolute Gasteiger partial charge is 0.212 e. The highest BCUT2D eigenvalue weighted by molar-refractivity contribution is 5.65. The zero-order valence-corrected chi connectivity index (χ0v) is 61.8. The Labute approximate surface area is 603 Å². The van der Waals surface area contributed by atoms with Gasteiger partial charge in [-0.3, -0.25) is 0 Å². The molecule has 0 radical (unpaired) electrons. The maximum atomic E-state index is 7.71. The van der Waals surface area contributed by atoms with Crippen molar-refractivity contribution >= 4 is 0 Å². The molecular formula is C92H112N6+6. The van der Waals surface area contributed by atoms with Crippen molar-refractivity contribution in [3.63, 3.8) is 0 Å². The van der Waals surface area contributed by atoms with Gasteiger partial charge in [0.05, 0.1) is 0 Å². The van der Waals surface area contributed by atoms with Crippen LogP contribution in [0, 0.1) is 69.0 Å². The molecule has 6 aromatic heterocycles. The summed E-state index contributed by atoms with van der Waals surface area (Å²) in [5.74, 6) is 1.14. The first-order valence-corrected chi connectivity index (χ1v) is 34.3. The Morgan fingerprint density at radius 3 is 1.11 bits per heavy atom. The topological polar surface area (TPSA) is 23.3 Å². The molecule has 0 spiro atoms. The van der Waals surface area contributed by atoms with Crippen LogP contribution in [0.15, 0.2) is 243 Å². The molecular weight excluding hydrogens is 1190 g/mol. The first-order chi connectivity index (χ1) is 50.5. The minimum absolute atomic E-state index is 0.132. The summed E-state index contributed by atoms with van der Waals surface area (Å²) in [5, 5.41) is 0.